The Kier molecular flexibility index (Phi) is 3.69. The number of aromatic nitrogens is 2. The van der Waals surface area contributed by atoms with Crippen molar-refractivity contribution in [3.8, 4) is 11.1 Å². The van der Waals surface area contributed by atoms with Gasteiger partial charge in [0.2, 0.25) is 0 Å². The Hall–Kier alpha value is -2.44. The van der Waals surface area contributed by atoms with Crippen LogP contribution < -0.4 is 0 Å². The molecule has 0 saturated heterocycles. The minimum atomic E-state index is -4.70. The molecule has 0 aliphatic carbocycles. The number of esters is 1. The zero-order chi connectivity index (χ0) is 14.8. The topological polar surface area (TPSA) is 52.1 Å². The molecule has 0 atom stereocenters. The van der Waals surface area contributed by atoms with Gasteiger partial charge in [0.1, 0.15) is 6.33 Å². The summed E-state index contributed by atoms with van der Waals surface area (Å²) in [5.41, 5.74) is -1.59. The third kappa shape index (κ3) is 2.61. The second kappa shape index (κ2) is 5.28. The van der Waals surface area contributed by atoms with Crippen molar-refractivity contribution in [2.24, 2.45) is 0 Å². The van der Waals surface area contributed by atoms with Crippen LogP contribution in [0.4, 0.5) is 13.2 Å². The highest BCUT2D eigenvalue weighted by atomic mass is 19.4. The molecule has 4 nitrogen and oxygen atoms in total. The van der Waals surface area contributed by atoms with E-state index in [-0.39, 0.29) is 11.1 Å². The van der Waals surface area contributed by atoms with Crippen LogP contribution in [0.3, 0.4) is 0 Å². The summed E-state index contributed by atoms with van der Waals surface area (Å²) >= 11 is 0. The highest BCUT2D eigenvalue weighted by Gasteiger charge is 2.38. The standard InChI is InChI=1S/C13H9F3N2O2/c1-20-12(19)10-4-2-3-9(11(10)13(14,15)16)8-5-17-7-18-6-8/h2-7H,1H3. The minimum absolute atomic E-state index is 0.166. The maximum absolute atomic E-state index is 13.2. The summed E-state index contributed by atoms with van der Waals surface area (Å²) < 4.78 is 44.1. The van der Waals surface area contributed by atoms with Crippen LogP contribution in [0.1, 0.15) is 15.9 Å². The third-order valence-corrected chi connectivity index (χ3v) is 2.62. The smallest absolute Gasteiger partial charge is 0.417 e. The molecule has 1 aromatic heterocycles. The molecule has 0 saturated carbocycles. The van der Waals surface area contributed by atoms with E-state index in [9.17, 15) is 18.0 Å². The molecule has 0 radical (unpaired) electrons. The lowest BCUT2D eigenvalue weighted by Gasteiger charge is -2.16. The number of alkyl halides is 3. The van der Waals surface area contributed by atoms with Crippen LogP contribution >= 0.6 is 0 Å². The van der Waals surface area contributed by atoms with Crippen LogP contribution in [0.15, 0.2) is 36.9 Å². The maximum atomic E-state index is 13.2. The van der Waals surface area contributed by atoms with Gasteiger partial charge >= 0.3 is 12.1 Å². The largest absolute Gasteiger partial charge is 0.465 e. The number of carbonyl (C=O) groups is 1. The second-order valence-corrected chi connectivity index (χ2v) is 3.84. The Morgan fingerprint density at radius 1 is 1.20 bits per heavy atom. The molecule has 1 heterocycles. The van der Waals surface area contributed by atoms with E-state index in [4.69, 9.17) is 0 Å². The Labute approximate surface area is 112 Å². The van der Waals surface area contributed by atoms with Crippen molar-refractivity contribution in [3.05, 3.63) is 48.0 Å². The molecule has 104 valence electrons. The van der Waals surface area contributed by atoms with Crippen molar-refractivity contribution < 1.29 is 22.7 Å². The van der Waals surface area contributed by atoms with Crippen molar-refractivity contribution in [1.82, 2.24) is 9.97 Å². The van der Waals surface area contributed by atoms with Crippen LogP contribution in [-0.4, -0.2) is 23.0 Å². The first-order valence-electron chi connectivity index (χ1n) is 5.49. The summed E-state index contributed by atoms with van der Waals surface area (Å²) in [5, 5.41) is 0. The normalized spacial score (nSPS) is 11.2. The summed E-state index contributed by atoms with van der Waals surface area (Å²) in [4.78, 5) is 18.9. The highest BCUT2D eigenvalue weighted by molar-refractivity contribution is 5.93. The molecule has 2 rings (SSSR count). The Balaban J connectivity index is 2.73. The van der Waals surface area contributed by atoms with Crippen LogP contribution in [-0.2, 0) is 10.9 Å². The van der Waals surface area contributed by atoms with Crippen molar-refractivity contribution >= 4 is 5.97 Å². The first-order chi connectivity index (χ1) is 9.45. The van der Waals surface area contributed by atoms with Gasteiger partial charge in [-0.3, -0.25) is 0 Å². The molecule has 0 unspecified atom stereocenters. The molecule has 2 aromatic rings. The summed E-state index contributed by atoms with van der Waals surface area (Å²) in [7, 11) is 1.03. The lowest BCUT2D eigenvalue weighted by atomic mass is 9.96. The maximum Gasteiger partial charge on any atom is 0.417 e. The van der Waals surface area contributed by atoms with Crippen molar-refractivity contribution in [3.63, 3.8) is 0 Å². The van der Waals surface area contributed by atoms with Gasteiger partial charge in [-0.15, -0.1) is 0 Å². The van der Waals surface area contributed by atoms with E-state index < -0.39 is 23.3 Å². The third-order valence-electron chi connectivity index (χ3n) is 2.62. The first kappa shape index (κ1) is 14.0. The summed E-state index contributed by atoms with van der Waals surface area (Å²) in [6.07, 6.45) is -0.992. The number of nitrogens with zero attached hydrogens (tertiary/aromatic N) is 2. The molecule has 0 N–H and O–H groups in total. The van der Waals surface area contributed by atoms with Gasteiger partial charge in [-0.25, -0.2) is 14.8 Å². The number of halogens is 3. The lowest BCUT2D eigenvalue weighted by molar-refractivity contribution is -0.137. The molecular formula is C13H9F3N2O2. The summed E-state index contributed by atoms with van der Waals surface area (Å²) in [5.74, 6) is -1.05. The number of methoxy groups -OCH3 is 1. The predicted octanol–water partition coefficient (Wildman–Crippen LogP) is 2.95. The van der Waals surface area contributed by atoms with Crippen molar-refractivity contribution in [2.75, 3.05) is 7.11 Å². The second-order valence-electron chi connectivity index (χ2n) is 3.84. The van der Waals surface area contributed by atoms with Gasteiger partial charge in [0.25, 0.3) is 0 Å². The van der Waals surface area contributed by atoms with E-state index in [1.165, 1.54) is 30.9 Å². The number of carbonyl (C=O) groups excluding carboxylic acids is 1. The zero-order valence-electron chi connectivity index (χ0n) is 10.3. The molecule has 0 amide bonds. The minimum Gasteiger partial charge on any atom is -0.465 e. The van der Waals surface area contributed by atoms with E-state index >= 15 is 0 Å². The number of hydrogen-bond acceptors (Lipinski definition) is 4. The fraction of sp³-hybridized carbons (Fsp3) is 0.154. The van der Waals surface area contributed by atoms with E-state index in [1.807, 2.05) is 0 Å². The van der Waals surface area contributed by atoms with Crippen LogP contribution in [0, 0.1) is 0 Å². The Morgan fingerprint density at radius 2 is 1.85 bits per heavy atom. The van der Waals surface area contributed by atoms with Crippen LogP contribution in [0.2, 0.25) is 0 Å². The van der Waals surface area contributed by atoms with E-state index in [0.29, 0.717) is 0 Å². The van der Waals surface area contributed by atoms with E-state index in [0.717, 1.165) is 13.2 Å². The number of hydrogen-bond donors (Lipinski definition) is 0. The monoisotopic (exact) mass is 282 g/mol. The SMILES string of the molecule is COC(=O)c1cccc(-c2cncnc2)c1C(F)(F)F. The van der Waals surface area contributed by atoms with Gasteiger partial charge in [-0.2, -0.15) is 13.2 Å². The fourth-order valence-corrected chi connectivity index (χ4v) is 1.82. The molecule has 0 fully saturated rings. The average Bonchev–Trinajstić information content (AvgIpc) is 2.45. The van der Waals surface area contributed by atoms with E-state index in [1.54, 1.807) is 0 Å². The number of rotatable bonds is 2. The quantitative estimate of drug-likeness (QED) is 0.795. The van der Waals surface area contributed by atoms with Gasteiger partial charge in [-0.05, 0) is 11.6 Å². The van der Waals surface area contributed by atoms with Crippen LogP contribution in [0.5, 0.6) is 0 Å². The first-order valence-corrected chi connectivity index (χ1v) is 5.49. The molecule has 0 aliphatic rings. The lowest BCUT2D eigenvalue weighted by Crippen LogP contribution is -2.15. The van der Waals surface area contributed by atoms with Gasteiger partial charge in [0, 0.05) is 18.0 Å². The average molecular weight is 282 g/mol. The van der Waals surface area contributed by atoms with Gasteiger partial charge in [0.05, 0.1) is 18.2 Å². The molecule has 0 bridgehead atoms. The predicted molar refractivity (Wildman–Crippen MR) is 63.8 cm³/mol. The summed E-state index contributed by atoms with van der Waals surface area (Å²) in [6, 6.07) is 3.68. The van der Waals surface area contributed by atoms with Gasteiger partial charge in [-0.1, -0.05) is 12.1 Å². The molecule has 20 heavy (non-hydrogen) atoms. The number of ether oxygens (including phenoxy) is 1. The molecule has 7 heteroatoms. The Bertz CT molecular complexity index is 627. The molecule has 1 aromatic carbocycles. The van der Waals surface area contributed by atoms with Gasteiger partial charge < -0.3 is 4.74 Å². The van der Waals surface area contributed by atoms with E-state index in [2.05, 4.69) is 14.7 Å². The van der Waals surface area contributed by atoms with Crippen molar-refractivity contribution in [1.29, 1.82) is 0 Å². The van der Waals surface area contributed by atoms with Gasteiger partial charge in [0.15, 0.2) is 0 Å². The highest BCUT2D eigenvalue weighted by Crippen LogP contribution is 2.39. The summed E-state index contributed by atoms with van der Waals surface area (Å²) in [6.45, 7) is 0. The Morgan fingerprint density at radius 3 is 2.40 bits per heavy atom. The molecule has 0 spiro atoms. The molecular weight excluding hydrogens is 273 g/mol. The zero-order valence-corrected chi connectivity index (χ0v) is 10.3. The molecule has 0 aliphatic heterocycles. The van der Waals surface area contributed by atoms with Crippen LogP contribution in [0.25, 0.3) is 11.1 Å². The van der Waals surface area contributed by atoms with Crippen molar-refractivity contribution in [2.45, 2.75) is 6.18 Å². The number of benzene rings is 1. The fourth-order valence-electron chi connectivity index (χ4n) is 1.82.